The lowest BCUT2D eigenvalue weighted by atomic mass is 10.1. The number of ether oxygens (including phenoxy) is 1. The number of unbranched alkanes of at least 4 members (excludes halogenated alkanes) is 1. The van der Waals surface area contributed by atoms with E-state index in [1.165, 1.54) is 0 Å². The summed E-state index contributed by atoms with van der Waals surface area (Å²) in [5.41, 5.74) is 0.459. The highest BCUT2D eigenvalue weighted by atomic mass is 35.5. The molecule has 0 bridgehead atoms. The highest BCUT2D eigenvalue weighted by Gasteiger charge is 2.12. The first-order chi connectivity index (χ1) is 8.65. The third kappa shape index (κ3) is 4.88. The second-order valence-corrected chi connectivity index (χ2v) is 4.38. The van der Waals surface area contributed by atoms with E-state index in [1.807, 2.05) is 6.92 Å². The summed E-state index contributed by atoms with van der Waals surface area (Å²) in [5, 5.41) is 0.418. The second-order valence-electron chi connectivity index (χ2n) is 3.98. The normalized spacial score (nSPS) is 10.1. The monoisotopic (exact) mass is 268 g/mol. The van der Waals surface area contributed by atoms with Crippen LogP contribution in [0.2, 0.25) is 5.02 Å². The van der Waals surface area contributed by atoms with Gasteiger partial charge in [0.1, 0.15) is 0 Å². The summed E-state index contributed by atoms with van der Waals surface area (Å²) in [6.07, 6.45) is 2.07. The lowest BCUT2D eigenvalue weighted by molar-refractivity contribution is -0.143. The maximum absolute atomic E-state index is 11.8. The minimum Gasteiger partial charge on any atom is -0.466 e. The van der Waals surface area contributed by atoms with Crippen molar-refractivity contribution in [3.05, 3.63) is 34.9 Å². The fraction of sp³-hybridized carbons (Fsp3) is 0.429. The van der Waals surface area contributed by atoms with Gasteiger partial charge in [-0.15, -0.1) is 0 Å². The SMILES string of the molecule is CCCCOC(=O)CCC(=O)c1ccccc1Cl. The smallest absolute Gasteiger partial charge is 0.306 e. The van der Waals surface area contributed by atoms with Gasteiger partial charge in [-0.25, -0.2) is 0 Å². The van der Waals surface area contributed by atoms with Gasteiger partial charge in [-0.3, -0.25) is 9.59 Å². The number of ketones is 1. The van der Waals surface area contributed by atoms with Crippen LogP contribution in [0.1, 0.15) is 43.0 Å². The van der Waals surface area contributed by atoms with Crippen LogP contribution in [-0.2, 0) is 9.53 Å². The van der Waals surface area contributed by atoms with E-state index in [-0.39, 0.29) is 24.6 Å². The van der Waals surface area contributed by atoms with Crippen LogP contribution in [0.25, 0.3) is 0 Å². The molecule has 0 atom stereocenters. The number of halogens is 1. The van der Waals surface area contributed by atoms with Crippen molar-refractivity contribution >= 4 is 23.4 Å². The minimum atomic E-state index is -0.330. The first-order valence-corrected chi connectivity index (χ1v) is 6.46. The molecule has 0 unspecified atom stereocenters. The summed E-state index contributed by atoms with van der Waals surface area (Å²) < 4.78 is 4.97. The number of carbonyl (C=O) groups is 2. The Bertz CT molecular complexity index is 415. The molecule has 1 aromatic carbocycles. The van der Waals surface area contributed by atoms with E-state index >= 15 is 0 Å². The topological polar surface area (TPSA) is 43.4 Å². The molecule has 3 nitrogen and oxygen atoms in total. The predicted octanol–water partition coefficient (Wildman–Crippen LogP) is 3.65. The van der Waals surface area contributed by atoms with E-state index in [4.69, 9.17) is 16.3 Å². The highest BCUT2D eigenvalue weighted by Crippen LogP contribution is 2.17. The molecule has 4 heteroatoms. The molecule has 18 heavy (non-hydrogen) atoms. The molecule has 1 rings (SSSR count). The van der Waals surface area contributed by atoms with E-state index in [9.17, 15) is 9.59 Å². The molecule has 0 saturated carbocycles. The first-order valence-electron chi connectivity index (χ1n) is 6.08. The Morgan fingerprint density at radius 2 is 1.94 bits per heavy atom. The molecule has 0 aliphatic carbocycles. The molecule has 0 heterocycles. The summed E-state index contributed by atoms with van der Waals surface area (Å²) in [5.74, 6) is -0.461. The molecule has 0 radical (unpaired) electrons. The standard InChI is InChI=1S/C14H17ClO3/c1-2-3-10-18-14(17)9-8-13(16)11-6-4-5-7-12(11)15/h4-7H,2-3,8-10H2,1H3. The predicted molar refractivity (Wildman–Crippen MR) is 70.9 cm³/mol. The first kappa shape index (κ1) is 14.7. The van der Waals surface area contributed by atoms with Crippen molar-refractivity contribution in [1.82, 2.24) is 0 Å². The van der Waals surface area contributed by atoms with Crippen molar-refractivity contribution in [3.8, 4) is 0 Å². The Balaban J connectivity index is 2.38. The van der Waals surface area contributed by atoms with Gasteiger partial charge in [0.2, 0.25) is 0 Å². The molecule has 0 saturated heterocycles. The fourth-order valence-corrected chi connectivity index (χ4v) is 1.68. The summed E-state index contributed by atoms with van der Waals surface area (Å²) in [4.78, 5) is 23.1. The van der Waals surface area contributed by atoms with Gasteiger partial charge in [-0.1, -0.05) is 37.1 Å². The quantitative estimate of drug-likeness (QED) is 0.431. The highest BCUT2D eigenvalue weighted by molar-refractivity contribution is 6.33. The second kappa shape index (κ2) is 7.88. The number of carbonyl (C=O) groups excluding carboxylic acids is 2. The van der Waals surface area contributed by atoms with Gasteiger partial charge in [-0.05, 0) is 18.6 Å². The Morgan fingerprint density at radius 1 is 1.22 bits per heavy atom. The zero-order valence-electron chi connectivity index (χ0n) is 10.4. The van der Waals surface area contributed by atoms with E-state index in [0.717, 1.165) is 12.8 Å². The Hall–Kier alpha value is -1.35. The minimum absolute atomic E-state index is 0.105. The summed E-state index contributed by atoms with van der Waals surface area (Å²) >= 11 is 5.90. The summed E-state index contributed by atoms with van der Waals surface area (Å²) in [7, 11) is 0. The number of rotatable bonds is 7. The lowest BCUT2D eigenvalue weighted by Crippen LogP contribution is -2.09. The third-order valence-corrected chi connectivity index (χ3v) is 2.82. The van der Waals surface area contributed by atoms with Crippen LogP contribution in [0.5, 0.6) is 0 Å². The average Bonchev–Trinajstić information content (AvgIpc) is 2.37. The number of Topliss-reactive ketones (excluding diaryl/α,β-unsaturated/α-hetero) is 1. The zero-order chi connectivity index (χ0) is 13.4. The Morgan fingerprint density at radius 3 is 2.61 bits per heavy atom. The van der Waals surface area contributed by atoms with Crippen LogP contribution >= 0.6 is 11.6 Å². The van der Waals surface area contributed by atoms with Gasteiger partial charge in [0, 0.05) is 12.0 Å². The molecule has 1 aromatic rings. The van der Waals surface area contributed by atoms with Crippen LogP contribution in [0, 0.1) is 0 Å². The average molecular weight is 269 g/mol. The maximum atomic E-state index is 11.8. The molecule has 0 amide bonds. The Kier molecular flexibility index (Phi) is 6.44. The number of hydrogen-bond donors (Lipinski definition) is 0. The van der Waals surface area contributed by atoms with Crippen molar-refractivity contribution in [2.24, 2.45) is 0 Å². The molecule has 0 fully saturated rings. The summed E-state index contributed by atoms with van der Waals surface area (Å²) in [6, 6.07) is 6.83. The van der Waals surface area contributed by atoms with Gasteiger partial charge >= 0.3 is 5.97 Å². The molecule has 98 valence electrons. The molecular weight excluding hydrogens is 252 g/mol. The van der Waals surface area contributed by atoms with Crippen LogP contribution in [-0.4, -0.2) is 18.4 Å². The van der Waals surface area contributed by atoms with E-state index in [2.05, 4.69) is 0 Å². The lowest BCUT2D eigenvalue weighted by Gasteiger charge is -2.04. The van der Waals surface area contributed by atoms with E-state index < -0.39 is 0 Å². The Labute approximate surface area is 112 Å². The van der Waals surface area contributed by atoms with Crippen LogP contribution in [0.4, 0.5) is 0 Å². The largest absolute Gasteiger partial charge is 0.466 e. The van der Waals surface area contributed by atoms with Crippen molar-refractivity contribution in [3.63, 3.8) is 0 Å². The van der Waals surface area contributed by atoms with Crippen molar-refractivity contribution < 1.29 is 14.3 Å². The zero-order valence-corrected chi connectivity index (χ0v) is 11.2. The van der Waals surface area contributed by atoms with Crippen molar-refractivity contribution in [2.75, 3.05) is 6.61 Å². The van der Waals surface area contributed by atoms with Crippen LogP contribution < -0.4 is 0 Å². The molecule has 0 N–H and O–H groups in total. The van der Waals surface area contributed by atoms with Gasteiger partial charge in [0.25, 0.3) is 0 Å². The van der Waals surface area contributed by atoms with Crippen molar-refractivity contribution in [1.29, 1.82) is 0 Å². The van der Waals surface area contributed by atoms with E-state index in [0.29, 0.717) is 17.2 Å². The van der Waals surface area contributed by atoms with E-state index in [1.54, 1.807) is 24.3 Å². The summed E-state index contributed by atoms with van der Waals surface area (Å²) in [6.45, 7) is 2.45. The fourth-order valence-electron chi connectivity index (χ4n) is 1.44. The molecule has 0 spiro atoms. The maximum Gasteiger partial charge on any atom is 0.306 e. The number of hydrogen-bond acceptors (Lipinski definition) is 3. The van der Waals surface area contributed by atoms with Crippen LogP contribution in [0.3, 0.4) is 0 Å². The molecule has 0 aliphatic heterocycles. The van der Waals surface area contributed by atoms with Crippen LogP contribution in [0.15, 0.2) is 24.3 Å². The molecular formula is C14H17ClO3. The van der Waals surface area contributed by atoms with Gasteiger partial charge in [0.15, 0.2) is 5.78 Å². The van der Waals surface area contributed by atoms with Gasteiger partial charge < -0.3 is 4.74 Å². The van der Waals surface area contributed by atoms with Crippen molar-refractivity contribution in [2.45, 2.75) is 32.6 Å². The van der Waals surface area contributed by atoms with Gasteiger partial charge in [0.05, 0.1) is 18.1 Å². The third-order valence-electron chi connectivity index (χ3n) is 2.49. The molecule has 0 aliphatic rings. The molecule has 0 aromatic heterocycles. The number of benzene rings is 1. The number of esters is 1. The van der Waals surface area contributed by atoms with Gasteiger partial charge in [-0.2, -0.15) is 0 Å².